The maximum atomic E-state index is 13.6. The van der Waals surface area contributed by atoms with Crippen LogP contribution >= 0.6 is 22.9 Å². The molecular weight excluding hydrogens is 478 g/mol. The molecule has 10 nitrogen and oxygen atoms in total. The van der Waals surface area contributed by atoms with Crippen molar-refractivity contribution in [2.24, 2.45) is 14.1 Å². The third-order valence-corrected chi connectivity index (χ3v) is 6.72. The van der Waals surface area contributed by atoms with Gasteiger partial charge in [0, 0.05) is 25.3 Å². The van der Waals surface area contributed by atoms with E-state index in [4.69, 9.17) is 11.6 Å². The molecule has 0 bridgehead atoms. The van der Waals surface area contributed by atoms with Gasteiger partial charge in [-0.15, -0.1) is 0 Å². The van der Waals surface area contributed by atoms with Gasteiger partial charge in [-0.3, -0.25) is 28.6 Å². The van der Waals surface area contributed by atoms with E-state index in [1.807, 2.05) is 12.1 Å². The third kappa shape index (κ3) is 3.78. The van der Waals surface area contributed by atoms with Gasteiger partial charge in [-0.1, -0.05) is 29.0 Å². The van der Waals surface area contributed by atoms with Crippen molar-refractivity contribution in [3.05, 3.63) is 80.5 Å². The minimum atomic E-state index is -0.519. The largest absolute Gasteiger partial charge is 0.332 e. The van der Waals surface area contributed by atoms with E-state index in [0.29, 0.717) is 15.8 Å². The first-order chi connectivity index (χ1) is 16.3. The summed E-state index contributed by atoms with van der Waals surface area (Å²) in [7, 11) is 2.92. The van der Waals surface area contributed by atoms with Crippen molar-refractivity contribution in [1.82, 2.24) is 28.7 Å². The summed E-state index contributed by atoms with van der Waals surface area (Å²) in [5, 5.41) is 1.06. The number of carbonyl (C=O) groups is 1. The Hall–Kier alpha value is -3.83. The zero-order valence-electron chi connectivity index (χ0n) is 18.2. The van der Waals surface area contributed by atoms with Crippen LogP contribution in [-0.2, 0) is 32.0 Å². The molecule has 5 rings (SSSR count). The normalized spacial score (nSPS) is 11.4. The quantitative estimate of drug-likeness (QED) is 0.370. The molecule has 0 atom stereocenters. The summed E-state index contributed by atoms with van der Waals surface area (Å²) < 4.78 is 4.57. The van der Waals surface area contributed by atoms with Gasteiger partial charge in [0.05, 0.1) is 28.8 Å². The SMILES string of the molecule is Cn1c(=O)c2c(ncn2CC(=O)N(Cc2ccccn2)c2nc3ccc(Cl)cc3s2)n(C)c1=O. The Balaban J connectivity index is 1.57. The molecule has 0 aliphatic carbocycles. The van der Waals surface area contributed by atoms with Crippen molar-refractivity contribution in [3.63, 3.8) is 0 Å². The fourth-order valence-corrected chi connectivity index (χ4v) is 4.92. The highest BCUT2D eigenvalue weighted by atomic mass is 35.5. The Kier molecular flexibility index (Phi) is 5.50. The van der Waals surface area contributed by atoms with Crippen molar-refractivity contribution in [2.45, 2.75) is 13.1 Å². The molecule has 0 saturated heterocycles. The van der Waals surface area contributed by atoms with Crippen molar-refractivity contribution in [2.75, 3.05) is 4.90 Å². The molecule has 0 fully saturated rings. The first-order valence-corrected chi connectivity index (χ1v) is 11.4. The lowest BCUT2D eigenvalue weighted by Crippen LogP contribution is -2.38. The number of imidazole rings is 1. The van der Waals surface area contributed by atoms with Gasteiger partial charge in [-0.05, 0) is 30.3 Å². The van der Waals surface area contributed by atoms with E-state index in [1.54, 1.807) is 30.5 Å². The van der Waals surface area contributed by atoms with Gasteiger partial charge in [-0.2, -0.15) is 0 Å². The fourth-order valence-electron chi connectivity index (χ4n) is 3.67. The molecule has 0 aliphatic rings. The fraction of sp³-hybridized carbons (Fsp3) is 0.182. The van der Waals surface area contributed by atoms with Crippen LogP contribution in [0.1, 0.15) is 5.69 Å². The highest BCUT2D eigenvalue weighted by Crippen LogP contribution is 2.31. The Morgan fingerprint density at radius 3 is 2.71 bits per heavy atom. The first-order valence-electron chi connectivity index (χ1n) is 10.2. The van der Waals surface area contributed by atoms with E-state index in [1.165, 1.54) is 45.8 Å². The van der Waals surface area contributed by atoms with Gasteiger partial charge >= 0.3 is 5.69 Å². The molecule has 172 valence electrons. The second kappa shape index (κ2) is 8.50. The van der Waals surface area contributed by atoms with Crippen LogP contribution in [0.25, 0.3) is 21.4 Å². The highest BCUT2D eigenvalue weighted by Gasteiger charge is 2.23. The molecule has 0 spiro atoms. The van der Waals surface area contributed by atoms with Crippen LogP contribution in [0, 0.1) is 0 Å². The van der Waals surface area contributed by atoms with Crippen molar-refractivity contribution in [3.8, 4) is 0 Å². The van der Waals surface area contributed by atoms with Gasteiger partial charge in [0.2, 0.25) is 5.91 Å². The topological polar surface area (TPSA) is 108 Å². The van der Waals surface area contributed by atoms with E-state index in [0.717, 1.165) is 14.8 Å². The van der Waals surface area contributed by atoms with E-state index < -0.39 is 11.2 Å². The summed E-state index contributed by atoms with van der Waals surface area (Å²) >= 11 is 7.46. The van der Waals surface area contributed by atoms with E-state index in [-0.39, 0.29) is 30.2 Å². The minimum absolute atomic E-state index is 0.173. The van der Waals surface area contributed by atoms with Crippen molar-refractivity contribution >= 4 is 55.4 Å². The highest BCUT2D eigenvalue weighted by molar-refractivity contribution is 7.22. The monoisotopic (exact) mass is 495 g/mol. The van der Waals surface area contributed by atoms with E-state index in [2.05, 4.69) is 15.0 Å². The van der Waals surface area contributed by atoms with Gasteiger partial charge in [0.1, 0.15) is 6.54 Å². The average molecular weight is 496 g/mol. The lowest BCUT2D eigenvalue weighted by molar-refractivity contribution is -0.119. The summed E-state index contributed by atoms with van der Waals surface area (Å²) in [6, 6.07) is 10.8. The summed E-state index contributed by atoms with van der Waals surface area (Å²) in [6.45, 7) is 0.0177. The minimum Gasteiger partial charge on any atom is -0.315 e. The number of fused-ring (bicyclic) bond motifs is 2. The van der Waals surface area contributed by atoms with Crippen molar-refractivity contribution < 1.29 is 4.79 Å². The Labute approximate surface area is 201 Å². The molecule has 0 aliphatic heterocycles. The zero-order chi connectivity index (χ0) is 24.0. The van der Waals surface area contributed by atoms with Gasteiger partial charge in [0.15, 0.2) is 16.3 Å². The molecule has 4 aromatic heterocycles. The third-order valence-electron chi connectivity index (χ3n) is 5.44. The van der Waals surface area contributed by atoms with Crippen LogP contribution in [0.15, 0.2) is 58.5 Å². The number of hydrogen-bond acceptors (Lipinski definition) is 7. The van der Waals surface area contributed by atoms with Gasteiger partial charge in [-0.25, -0.2) is 14.8 Å². The summed E-state index contributed by atoms with van der Waals surface area (Å²) in [5.41, 5.74) is 0.786. The number of aromatic nitrogens is 6. The number of anilines is 1. The number of rotatable bonds is 5. The van der Waals surface area contributed by atoms with Gasteiger partial charge < -0.3 is 4.57 Å². The molecule has 34 heavy (non-hydrogen) atoms. The van der Waals surface area contributed by atoms with Crippen LogP contribution in [0.4, 0.5) is 5.13 Å². The van der Waals surface area contributed by atoms with Crippen molar-refractivity contribution in [1.29, 1.82) is 0 Å². The Bertz CT molecular complexity index is 1670. The number of hydrogen-bond donors (Lipinski definition) is 0. The molecular formula is C22H18ClN7O3S. The van der Waals surface area contributed by atoms with Crippen LogP contribution in [-0.4, -0.2) is 34.6 Å². The Morgan fingerprint density at radius 2 is 1.94 bits per heavy atom. The van der Waals surface area contributed by atoms with Crippen LogP contribution in [0.3, 0.4) is 0 Å². The molecule has 1 aromatic carbocycles. The lowest BCUT2D eigenvalue weighted by Gasteiger charge is -2.20. The predicted octanol–water partition coefficient (Wildman–Crippen LogP) is 2.33. The number of halogens is 1. The molecule has 0 saturated carbocycles. The van der Waals surface area contributed by atoms with Crippen LogP contribution in [0.5, 0.6) is 0 Å². The molecule has 4 heterocycles. The second-order valence-corrected chi connectivity index (χ2v) is 9.11. The number of amides is 1. The lowest BCUT2D eigenvalue weighted by atomic mass is 10.3. The Morgan fingerprint density at radius 1 is 1.12 bits per heavy atom. The maximum absolute atomic E-state index is 13.6. The standard InChI is InChI=1S/C22H18ClN7O3S/c1-27-19-18(20(32)28(2)22(27)33)29(12-25-19)11-17(31)30(10-14-5-3-4-8-24-14)21-26-15-7-6-13(23)9-16(15)34-21/h3-9,12H,10-11H2,1-2H3. The number of thiazole rings is 1. The molecule has 1 amide bonds. The molecule has 5 aromatic rings. The summed E-state index contributed by atoms with van der Waals surface area (Å²) in [5.74, 6) is -0.314. The first kappa shape index (κ1) is 22.0. The van der Waals surface area contributed by atoms with E-state index >= 15 is 0 Å². The summed E-state index contributed by atoms with van der Waals surface area (Å²) in [6.07, 6.45) is 3.05. The van der Waals surface area contributed by atoms with Crippen LogP contribution in [0.2, 0.25) is 5.02 Å². The molecule has 12 heteroatoms. The average Bonchev–Trinajstić information content (AvgIpc) is 3.44. The smallest absolute Gasteiger partial charge is 0.315 e. The van der Waals surface area contributed by atoms with Crippen LogP contribution < -0.4 is 16.1 Å². The maximum Gasteiger partial charge on any atom is 0.332 e. The van der Waals surface area contributed by atoms with E-state index in [9.17, 15) is 14.4 Å². The number of pyridine rings is 1. The number of aryl methyl sites for hydroxylation is 1. The number of nitrogens with zero attached hydrogens (tertiary/aromatic N) is 7. The number of carbonyl (C=O) groups excluding carboxylic acids is 1. The zero-order valence-corrected chi connectivity index (χ0v) is 19.7. The predicted molar refractivity (Wildman–Crippen MR) is 130 cm³/mol. The number of benzene rings is 1. The molecule has 0 radical (unpaired) electrons. The summed E-state index contributed by atoms with van der Waals surface area (Å²) in [4.78, 5) is 53.2. The molecule has 0 unspecified atom stereocenters. The molecule has 0 N–H and O–H groups in total. The second-order valence-electron chi connectivity index (χ2n) is 7.66. The van der Waals surface area contributed by atoms with Gasteiger partial charge in [0.25, 0.3) is 5.56 Å².